The number of halogens is 2. The molecular weight excluding hydrogens is 507 g/mol. The maximum Gasteiger partial charge on any atom is 0.322 e. The van der Waals surface area contributed by atoms with Crippen LogP contribution in [0.2, 0.25) is 8.67 Å². The highest BCUT2D eigenvalue weighted by Gasteiger charge is 2.22. The predicted octanol–water partition coefficient (Wildman–Crippen LogP) is 5.18. The highest BCUT2D eigenvalue weighted by Crippen LogP contribution is 2.37. The molecule has 1 amide bonds. The molecule has 4 rings (SSSR count). The number of amides is 1. The average molecular weight is 523 g/mol. The van der Waals surface area contributed by atoms with Gasteiger partial charge in [0.05, 0.1) is 14.8 Å². The van der Waals surface area contributed by atoms with E-state index in [-0.39, 0.29) is 28.9 Å². The molecular formula is C21H16Cl2N4O4S2. The second kappa shape index (κ2) is 9.62. The molecule has 12 heteroatoms. The van der Waals surface area contributed by atoms with Crippen molar-refractivity contribution in [3.63, 3.8) is 0 Å². The fourth-order valence-corrected chi connectivity index (χ4v) is 5.53. The number of hydrogen-bond donors (Lipinski definition) is 1. The summed E-state index contributed by atoms with van der Waals surface area (Å²) in [5.41, 5.74) is 1.55. The number of sulfonamides is 1. The molecule has 170 valence electrons. The Morgan fingerprint density at radius 2 is 1.79 bits per heavy atom. The number of aromatic nitrogens is 2. The van der Waals surface area contributed by atoms with Gasteiger partial charge in [-0.3, -0.25) is 10.1 Å². The highest BCUT2D eigenvalue weighted by atomic mass is 35.5. The minimum absolute atomic E-state index is 0.0709. The molecule has 0 aliphatic carbocycles. The van der Waals surface area contributed by atoms with E-state index >= 15 is 0 Å². The molecule has 8 nitrogen and oxygen atoms in total. The molecule has 2 aromatic heterocycles. The second-order valence-corrected chi connectivity index (χ2v) is 11.2. The standard InChI is InChI=1S/C21H16Cl2N4O4S2/c1-27(12-13-5-3-2-4-6-13)33(29,30)15-9-7-14(8-10-15)19(28)24-21-26-25-20(31-21)16-11-17(22)32-18(16)23/h2-11H,12H2,1H3,(H,24,26,28). The molecule has 0 unspecified atom stereocenters. The van der Waals surface area contributed by atoms with Crippen LogP contribution in [0, 0.1) is 0 Å². The third-order valence-electron chi connectivity index (χ3n) is 4.61. The highest BCUT2D eigenvalue weighted by molar-refractivity contribution is 7.89. The summed E-state index contributed by atoms with van der Waals surface area (Å²) in [6.45, 7) is 0.226. The zero-order valence-electron chi connectivity index (χ0n) is 17.0. The van der Waals surface area contributed by atoms with Crippen LogP contribution in [0.25, 0.3) is 11.5 Å². The lowest BCUT2D eigenvalue weighted by Crippen LogP contribution is -2.26. The van der Waals surface area contributed by atoms with Gasteiger partial charge < -0.3 is 4.42 Å². The van der Waals surface area contributed by atoms with Crippen molar-refractivity contribution in [3.8, 4) is 11.5 Å². The van der Waals surface area contributed by atoms with Crippen molar-refractivity contribution in [1.29, 1.82) is 0 Å². The van der Waals surface area contributed by atoms with E-state index in [4.69, 9.17) is 27.6 Å². The van der Waals surface area contributed by atoms with Gasteiger partial charge in [-0.05, 0) is 35.9 Å². The van der Waals surface area contributed by atoms with Crippen molar-refractivity contribution in [2.24, 2.45) is 0 Å². The first kappa shape index (κ1) is 23.4. The van der Waals surface area contributed by atoms with Crippen LogP contribution in [-0.2, 0) is 16.6 Å². The molecule has 0 aliphatic heterocycles. The molecule has 0 saturated heterocycles. The van der Waals surface area contributed by atoms with Crippen LogP contribution < -0.4 is 5.32 Å². The number of nitrogens with one attached hydrogen (secondary N) is 1. The topological polar surface area (TPSA) is 105 Å². The van der Waals surface area contributed by atoms with Crippen LogP contribution in [0.1, 0.15) is 15.9 Å². The number of carbonyl (C=O) groups is 1. The van der Waals surface area contributed by atoms with Crippen molar-refractivity contribution in [1.82, 2.24) is 14.5 Å². The molecule has 0 atom stereocenters. The summed E-state index contributed by atoms with van der Waals surface area (Å²) in [7, 11) is -2.23. The largest absolute Gasteiger partial charge is 0.403 e. The Morgan fingerprint density at radius 3 is 2.42 bits per heavy atom. The van der Waals surface area contributed by atoms with Crippen LogP contribution in [0.15, 0.2) is 70.0 Å². The molecule has 2 heterocycles. The van der Waals surface area contributed by atoms with Gasteiger partial charge in [-0.15, -0.1) is 16.4 Å². The maximum absolute atomic E-state index is 12.8. The molecule has 0 radical (unpaired) electrons. The summed E-state index contributed by atoms with van der Waals surface area (Å²) in [6.07, 6.45) is 0. The van der Waals surface area contributed by atoms with Gasteiger partial charge >= 0.3 is 6.01 Å². The number of carbonyl (C=O) groups excluding carboxylic acids is 1. The first-order valence-electron chi connectivity index (χ1n) is 9.44. The fraction of sp³-hybridized carbons (Fsp3) is 0.0952. The molecule has 0 saturated carbocycles. The molecule has 0 fully saturated rings. The van der Waals surface area contributed by atoms with Gasteiger partial charge in [-0.2, -0.15) is 4.31 Å². The lowest BCUT2D eigenvalue weighted by atomic mass is 10.2. The van der Waals surface area contributed by atoms with E-state index in [0.29, 0.717) is 14.2 Å². The average Bonchev–Trinajstić information content (AvgIpc) is 3.39. The zero-order valence-corrected chi connectivity index (χ0v) is 20.2. The van der Waals surface area contributed by atoms with Gasteiger partial charge in [0.2, 0.25) is 10.0 Å². The summed E-state index contributed by atoms with van der Waals surface area (Å²) in [5, 5.41) is 10.1. The Labute approximate surface area is 203 Å². The molecule has 33 heavy (non-hydrogen) atoms. The summed E-state index contributed by atoms with van der Waals surface area (Å²) in [5.74, 6) is -0.428. The number of hydrogen-bond acceptors (Lipinski definition) is 7. The smallest absolute Gasteiger partial charge is 0.322 e. The molecule has 2 aromatic carbocycles. The first-order valence-corrected chi connectivity index (χ1v) is 12.5. The summed E-state index contributed by atoms with van der Waals surface area (Å²) in [6, 6.07) is 16.3. The van der Waals surface area contributed by atoms with E-state index in [1.807, 2.05) is 30.3 Å². The molecule has 0 aliphatic rings. The monoisotopic (exact) mass is 522 g/mol. The second-order valence-electron chi connectivity index (χ2n) is 6.88. The van der Waals surface area contributed by atoms with Gasteiger partial charge in [0, 0.05) is 19.2 Å². The van der Waals surface area contributed by atoms with Crippen LogP contribution in [0.4, 0.5) is 6.01 Å². The van der Waals surface area contributed by atoms with E-state index in [2.05, 4.69) is 15.5 Å². The van der Waals surface area contributed by atoms with Crippen molar-refractivity contribution in [2.75, 3.05) is 12.4 Å². The maximum atomic E-state index is 12.8. The molecule has 0 spiro atoms. The quantitative estimate of drug-likeness (QED) is 0.358. The Balaban J connectivity index is 1.44. The van der Waals surface area contributed by atoms with Crippen molar-refractivity contribution in [2.45, 2.75) is 11.4 Å². The molecule has 0 bridgehead atoms. The number of thiophene rings is 1. The summed E-state index contributed by atoms with van der Waals surface area (Å²) >= 11 is 13.1. The molecule has 1 N–H and O–H groups in total. The van der Waals surface area contributed by atoms with Gasteiger partial charge in [0.15, 0.2) is 0 Å². The van der Waals surface area contributed by atoms with Crippen LogP contribution in [0.5, 0.6) is 0 Å². The van der Waals surface area contributed by atoms with Crippen LogP contribution >= 0.6 is 34.5 Å². The van der Waals surface area contributed by atoms with E-state index < -0.39 is 15.9 Å². The number of anilines is 1. The zero-order chi connectivity index (χ0) is 23.6. The minimum Gasteiger partial charge on any atom is -0.403 e. The third-order valence-corrected chi connectivity index (χ3v) is 7.91. The number of benzene rings is 2. The lowest BCUT2D eigenvalue weighted by molar-refractivity contribution is 0.102. The Bertz CT molecular complexity index is 1390. The summed E-state index contributed by atoms with van der Waals surface area (Å²) < 4.78 is 33.2. The summed E-state index contributed by atoms with van der Waals surface area (Å²) in [4.78, 5) is 12.6. The van der Waals surface area contributed by atoms with Gasteiger partial charge in [-0.25, -0.2) is 8.42 Å². The minimum atomic E-state index is -3.73. The fourth-order valence-electron chi connectivity index (χ4n) is 2.92. The van der Waals surface area contributed by atoms with Crippen LogP contribution in [0.3, 0.4) is 0 Å². The van der Waals surface area contributed by atoms with Gasteiger partial charge in [0.25, 0.3) is 11.8 Å². The third kappa shape index (κ3) is 5.26. The predicted molar refractivity (Wildman–Crippen MR) is 127 cm³/mol. The number of rotatable bonds is 7. The lowest BCUT2D eigenvalue weighted by Gasteiger charge is -2.17. The van der Waals surface area contributed by atoms with Crippen molar-refractivity contribution in [3.05, 3.63) is 80.5 Å². The van der Waals surface area contributed by atoms with Crippen molar-refractivity contribution < 1.29 is 17.6 Å². The Morgan fingerprint density at radius 1 is 1.09 bits per heavy atom. The normalized spacial score (nSPS) is 11.6. The first-order chi connectivity index (χ1) is 15.7. The Hall–Kier alpha value is -2.76. The van der Waals surface area contributed by atoms with E-state index in [0.717, 1.165) is 16.9 Å². The van der Waals surface area contributed by atoms with E-state index in [9.17, 15) is 13.2 Å². The van der Waals surface area contributed by atoms with Gasteiger partial charge in [0.1, 0.15) is 4.34 Å². The SMILES string of the molecule is CN(Cc1ccccc1)S(=O)(=O)c1ccc(C(=O)Nc2nnc(-c3cc(Cl)sc3Cl)o2)cc1. The molecule has 4 aromatic rings. The van der Waals surface area contributed by atoms with E-state index in [1.165, 1.54) is 35.6 Å². The van der Waals surface area contributed by atoms with E-state index in [1.54, 1.807) is 6.07 Å². The number of nitrogens with zero attached hydrogens (tertiary/aromatic N) is 3. The van der Waals surface area contributed by atoms with Crippen LogP contribution in [-0.4, -0.2) is 35.9 Å². The van der Waals surface area contributed by atoms with Crippen molar-refractivity contribution >= 4 is 56.5 Å². The Kier molecular flexibility index (Phi) is 6.82. The van der Waals surface area contributed by atoms with Gasteiger partial charge in [-0.1, -0.05) is 58.6 Å².